The molecule has 1 heterocycles. The third-order valence-electron chi connectivity index (χ3n) is 3.63. The molecule has 0 spiro atoms. The summed E-state index contributed by atoms with van der Waals surface area (Å²) in [6.45, 7) is 7.41. The molecule has 6 heteroatoms. The summed E-state index contributed by atoms with van der Waals surface area (Å²) in [6.07, 6.45) is 5.96. The molecule has 24 heavy (non-hydrogen) atoms. The van der Waals surface area contributed by atoms with Gasteiger partial charge in [0.05, 0.1) is 6.54 Å². The van der Waals surface area contributed by atoms with Crippen molar-refractivity contribution in [2.45, 2.75) is 26.9 Å². The van der Waals surface area contributed by atoms with Crippen molar-refractivity contribution < 1.29 is 0 Å². The van der Waals surface area contributed by atoms with Crippen LogP contribution in [-0.2, 0) is 13.1 Å². The summed E-state index contributed by atoms with van der Waals surface area (Å²) in [4.78, 5) is 8.95. The summed E-state index contributed by atoms with van der Waals surface area (Å²) in [7, 11) is 0. The average molecular weight is 346 g/mol. The molecule has 2 aromatic rings. The van der Waals surface area contributed by atoms with Gasteiger partial charge in [-0.2, -0.15) is 11.8 Å². The second-order valence-electron chi connectivity index (χ2n) is 5.54. The van der Waals surface area contributed by atoms with E-state index in [0.29, 0.717) is 6.54 Å². The van der Waals surface area contributed by atoms with Crippen molar-refractivity contribution in [3.05, 3.63) is 53.6 Å². The summed E-state index contributed by atoms with van der Waals surface area (Å²) in [5, 5.41) is 6.64. The monoisotopic (exact) mass is 345 g/mol. The zero-order valence-electron chi connectivity index (χ0n) is 14.7. The lowest BCUT2D eigenvalue weighted by Crippen LogP contribution is -2.38. The lowest BCUT2D eigenvalue weighted by molar-refractivity contribution is 0.760. The van der Waals surface area contributed by atoms with Crippen LogP contribution in [-0.4, -0.2) is 40.6 Å². The highest BCUT2D eigenvalue weighted by atomic mass is 32.2. The van der Waals surface area contributed by atoms with Gasteiger partial charge >= 0.3 is 0 Å². The van der Waals surface area contributed by atoms with Crippen LogP contribution in [0.1, 0.15) is 23.9 Å². The van der Waals surface area contributed by atoms with Gasteiger partial charge in [0.25, 0.3) is 0 Å². The summed E-state index contributed by atoms with van der Waals surface area (Å²) in [5.74, 6) is 2.98. The lowest BCUT2D eigenvalue weighted by Gasteiger charge is -2.11. The molecule has 0 unspecified atom stereocenters. The smallest absolute Gasteiger partial charge is 0.191 e. The van der Waals surface area contributed by atoms with Crippen molar-refractivity contribution in [1.82, 2.24) is 20.2 Å². The summed E-state index contributed by atoms with van der Waals surface area (Å²) in [5.41, 5.74) is 2.48. The van der Waals surface area contributed by atoms with E-state index in [2.05, 4.69) is 62.6 Å². The van der Waals surface area contributed by atoms with Crippen molar-refractivity contribution in [3.63, 3.8) is 0 Å². The van der Waals surface area contributed by atoms with Gasteiger partial charge in [-0.05, 0) is 31.2 Å². The Bertz CT molecular complexity index is 650. The molecule has 130 valence electrons. The lowest BCUT2D eigenvalue weighted by atomic mass is 10.1. The molecule has 0 radical (unpaired) electrons. The van der Waals surface area contributed by atoms with Gasteiger partial charge in [-0.1, -0.05) is 24.3 Å². The Morgan fingerprint density at radius 3 is 2.83 bits per heavy atom. The second kappa shape index (κ2) is 10.0. The van der Waals surface area contributed by atoms with E-state index in [0.717, 1.165) is 37.2 Å². The van der Waals surface area contributed by atoms with E-state index in [1.807, 2.05) is 31.1 Å². The number of benzene rings is 1. The third kappa shape index (κ3) is 5.92. The number of thioether (sulfide) groups is 1. The van der Waals surface area contributed by atoms with Gasteiger partial charge in [0.15, 0.2) is 5.96 Å². The largest absolute Gasteiger partial charge is 0.357 e. The van der Waals surface area contributed by atoms with Crippen LogP contribution in [0, 0.1) is 6.92 Å². The Kier molecular flexibility index (Phi) is 7.68. The van der Waals surface area contributed by atoms with Crippen LogP contribution < -0.4 is 10.6 Å². The van der Waals surface area contributed by atoms with Crippen molar-refractivity contribution in [2.24, 2.45) is 4.99 Å². The molecule has 1 aromatic carbocycles. The molecule has 1 aromatic heterocycles. The van der Waals surface area contributed by atoms with E-state index in [1.165, 1.54) is 11.1 Å². The van der Waals surface area contributed by atoms with Crippen LogP contribution in [0.2, 0.25) is 0 Å². The number of hydrogen-bond acceptors (Lipinski definition) is 3. The van der Waals surface area contributed by atoms with Crippen LogP contribution in [0.3, 0.4) is 0 Å². The number of aliphatic imine (C=N–C) groups is 1. The summed E-state index contributed by atoms with van der Waals surface area (Å²) in [6, 6.07) is 8.59. The molecular formula is C18H27N5S. The van der Waals surface area contributed by atoms with Crippen LogP contribution in [0.5, 0.6) is 0 Å². The molecular weight excluding hydrogens is 318 g/mol. The molecule has 2 N–H and O–H groups in total. The topological polar surface area (TPSA) is 54.2 Å². The van der Waals surface area contributed by atoms with Crippen molar-refractivity contribution in [2.75, 3.05) is 25.1 Å². The Labute approximate surface area is 149 Å². The quantitative estimate of drug-likeness (QED) is 0.439. The molecule has 0 aliphatic rings. The predicted octanol–water partition coefficient (Wildman–Crippen LogP) is 2.66. The number of aryl methyl sites for hydroxylation is 1. The molecule has 0 fully saturated rings. The molecule has 5 nitrogen and oxygen atoms in total. The van der Waals surface area contributed by atoms with Crippen LogP contribution in [0.25, 0.3) is 0 Å². The highest BCUT2D eigenvalue weighted by molar-refractivity contribution is 7.98. The first kappa shape index (κ1) is 18.4. The highest BCUT2D eigenvalue weighted by Crippen LogP contribution is 2.09. The molecule has 2 rings (SSSR count). The van der Waals surface area contributed by atoms with E-state index < -0.39 is 0 Å². The third-order valence-corrected chi connectivity index (χ3v) is 4.24. The number of aromatic nitrogens is 2. The Balaban J connectivity index is 1.99. The van der Waals surface area contributed by atoms with E-state index >= 15 is 0 Å². The fraction of sp³-hybridized carbons (Fsp3) is 0.444. The van der Waals surface area contributed by atoms with E-state index in [-0.39, 0.29) is 0 Å². The number of rotatable bonds is 8. The normalized spacial score (nSPS) is 11.5. The standard InChI is InChI=1S/C18H27N5S/c1-4-19-18(21-9-11-24-3)22-13-16-6-5-7-17(12-16)14-23-10-8-20-15(23)2/h5-8,10,12H,4,9,11,13-14H2,1-3H3,(H2,19,21,22). The van der Waals surface area contributed by atoms with Crippen molar-refractivity contribution in [3.8, 4) is 0 Å². The molecule has 0 aliphatic heterocycles. The van der Waals surface area contributed by atoms with Gasteiger partial charge in [0, 0.05) is 37.8 Å². The second-order valence-corrected chi connectivity index (χ2v) is 6.52. The fourth-order valence-corrected chi connectivity index (χ4v) is 2.68. The number of hydrogen-bond donors (Lipinski definition) is 2. The SMILES string of the molecule is CCNC(=NCc1cccc(Cn2ccnc2C)c1)NCCSC. The highest BCUT2D eigenvalue weighted by Gasteiger charge is 2.01. The molecule has 0 bridgehead atoms. The Morgan fingerprint density at radius 1 is 1.29 bits per heavy atom. The number of imidazole rings is 1. The Hall–Kier alpha value is -1.95. The number of nitrogens with zero attached hydrogens (tertiary/aromatic N) is 3. The molecule has 0 saturated heterocycles. The first-order chi connectivity index (χ1) is 11.7. The van der Waals surface area contributed by atoms with Crippen LogP contribution >= 0.6 is 11.8 Å². The predicted molar refractivity (Wildman–Crippen MR) is 104 cm³/mol. The number of guanidine groups is 1. The minimum atomic E-state index is 0.672. The maximum Gasteiger partial charge on any atom is 0.191 e. The van der Waals surface area contributed by atoms with Gasteiger partial charge in [-0.3, -0.25) is 0 Å². The van der Waals surface area contributed by atoms with Gasteiger partial charge < -0.3 is 15.2 Å². The van der Waals surface area contributed by atoms with Gasteiger partial charge in [0.2, 0.25) is 0 Å². The maximum atomic E-state index is 4.68. The molecule has 0 saturated carbocycles. The van der Waals surface area contributed by atoms with E-state index in [1.54, 1.807) is 0 Å². The Morgan fingerprint density at radius 2 is 2.12 bits per heavy atom. The minimum absolute atomic E-state index is 0.672. The summed E-state index contributed by atoms with van der Waals surface area (Å²) >= 11 is 1.83. The fourth-order valence-electron chi connectivity index (χ4n) is 2.38. The average Bonchev–Trinajstić information content (AvgIpc) is 2.98. The van der Waals surface area contributed by atoms with E-state index in [9.17, 15) is 0 Å². The number of nitrogens with one attached hydrogen (secondary N) is 2. The van der Waals surface area contributed by atoms with Gasteiger partial charge in [-0.15, -0.1) is 0 Å². The zero-order chi connectivity index (χ0) is 17.2. The molecule has 0 amide bonds. The van der Waals surface area contributed by atoms with Crippen molar-refractivity contribution in [1.29, 1.82) is 0 Å². The summed E-state index contributed by atoms with van der Waals surface area (Å²) < 4.78 is 2.15. The van der Waals surface area contributed by atoms with Gasteiger partial charge in [-0.25, -0.2) is 9.98 Å². The molecule has 0 aliphatic carbocycles. The first-order valence-electron chi connectivity index (χ1n) is 8.29. The van der Waals surface area contributed by atoms with Crippen molar-refractivity contribution >= 4 is 17.7 Å². The molecule has 0 atom stereocenters. The zero-order valence-corrected chi connectivity index (χ0v) is 15.6. The first-order valence-corrected chi connectivity index (χ1v) is 9.69. The van der Waals surface area contributed by atoms with Crippen LogP contribution in [0.4, 0.5) is 0 Å². The van der Waals surface area contributed by atoms with Crippen LogP contribution in [0.15, 0.2) is 41.7 Å². The van der Waals surface area contributed by atoms with E-state index in [4.69, 9.17) is 0 Å². The minimum Gasteiger partial charge on any atom is -0.357 e. The maximum absolute atomic E-state index is 4.68. The van der Waals surface area contributed by atoms with Gasteiger partial charge in [0.1, 0.15) is 5.82 Å².